The molecule has 0 fully saturated rings. The Morgan fingerprint density at radius 1 is 1.28 bits per heavy atom. The summed E-state index contributed by atoms with van der Waals surface area (Å²) in [5.74, 6) is 0.971. The van der Waals surface area contributed by atoms with Gasteiger partial charge in [-0.2, -0.15) is 0 Å². The van der Waals surface area contributed by atoms with Gasteiger partial charge in [-0.05, 0) is 65.0 Å². The highest BCUT2D eigenvalue weighted by Crippen LogP contribution is 2.27. The predicted octanol–water partition coefficient (Wildman–Crippen LogP) is 2.73. The maximum atomic E-state index is 5.76. The molecule has 0 amide bonds. The van der Waals surface area contributed by atoms with E-state index in [0.29, 0.717) is 12.6 Å². The molecule has 18 heavy (non-hydrogen) atoms. The van der Waals surface area contributed by atoms with Crippen LogP contribution in [0, 0.1) is 6.92 Å². The molecule has 0 saturated carbocycles. The topological polar surface area (TPSA) is 38.5 Å². The summed E-state index contributed by atoms with van der Waals surface area (Å²) in [5.41, 5.74) is 8.18. The number of nitrogens with two attached hydrogens (primary N) is 1. The first kappa shape index (κ1) is 15.0. The van der Waals surface area contributed by atoms with Gasteiger partial charge in [-0.25, -0.2) is 0 Å². The van der Waals surface area contributed by atoms with E-state index in [0.717, 1.165) is 12.2 Å². The summed E-state index contributed by atoms with van der Waals surface area (Å²) in [7, 11) is 4.18. The zero-order valence-electron chi connectivity index (χ0n) is 12.2. The van der Waals surface area contributed by atoms with Crippen molar-refractivity contribution in [2.45, 2.75) is 39.3 Å². The molecule has 3 heteroatoms. The van der Waals surface area contributed by atoms with E-state index in [-0.39, 0.29) is 6.10 Å². The van der Waals surface area contributed by atoms with Crippen molar-refractivity contribution < 1.29 is 4.74 Å². The maximum absolute atomic E-state index is 5.76. The van der Waals surface area contributed by atoms with Gasteiger partial charge in [0.2, 0.25) is 0 Å². The first-order valence-corrected chi connectivity index (χ1v) is 6.59. The second kappa shape index (κ2) is 6.76. The van der Waals surface area contributed by atoms with Gasteiger partial charge in [0.25, 0.3) is 0 Å². The average Bonchev–Trinajstić information content (AvgIpc) is 2.28. The highest BCUT2D eigenvalue weighted by molar-refractivity contribution is 5.37. The fourth-order valence-electron chi connectivity index (χ4n) is 2.15. The van der Waals surface area contributed by atoms with Crippen molar-refractivity contribution >= 4 is 0 Å². The van der Waals surface area contributed by atoms with E-state index in [9.17, 15) is 0 Å². The van der Waals surface area contributed by atoms with Crippen LogP contribution in [0.4, 0.5) is 0 Å². The molecule has 1 atom stereocenters. The molecule has 0 aliphatic rings. The van der Waals surface area contributed by atoms with Crippen LogP contribution < -0.4 is 10.5 Å². The van der Waals surface area contributed by atoms with Gasteiger partial charge in [0.15, 0.2) is 0 Å². The summed E-state index contributed by atoms with van der Waals surface area (Å²) < 4.78 is 5.76. The van der Waals surface area contributed by atoms with Crippen molar-refractivity contribution in [2.24, 2.45) is 5.73 Å². The van der Waals surface area contributed by atoms with Gasteiger partial charge in [0.1, 0.15) is 5.75 Å². The molecule has 0 aliphatic heterocycles. The Bertz CT molecular complexity index is 375. The molecule has 0 aromatic heterocycles. The quantitative estimate of drug-likeness (QED) is 0.843. The molecule has 0 saturated heterocycles. The van der Waals surface area contributed by atoms with Crippen LogP contribution in [-0.4, -0.2) is 31.6 Å². The Balaban J connectivity index is 2.94. The lowest BCUT2D eigenvalue weighted by Crippen LogP contribution is -2.22. The Morgan fingerprint density at radius 2 is 1.94 bits per heavy atom. The summed E-state index contributed by atoms with van der Waals surface area (Å²) in [5, 5.41) is 0. The first-order chi connectivity index (χ1) is 8.45. The van der Waals surface area contributed by atoms with E-state index >= 15 is 0 Å². The molecular formula is C15H26N2O. The minimum Gasteiger partial charge on any atom is -0.491 e. The molecule has 0 bridgehead atoms. The number of rotatable bonds is 6. The van der Waals surface area contributed by atoms with Crippen LogP contribution in [0.25, 0.3) is 0 Å². The number of aryl methyl sites for hydroxylation is 1. The molecule has 0 aliphatic carbocycles. The molecule has 1 aromatic carbocycles. The van der Waals surface area contributed by atoms with Crippen LogP contribution in [0.1, 0.15) is 37.4 Å². The van der Waals surface area contributed by atoms with Crippen molar-refractivity contribution in [3.63, 3.8) is 0 Å². The second-order valence-corrected chi connectivity index (χ2v) is 5.25. The Morgan fingerprint density at radius 3 is 2.39 bits per heavy atom. The van der Waals surface area contributed by atoms with E-state index in [1.807, 2.05) is 13.8 Å². The molecule has 1 unspecified atom stereocenters. The van der Waals surface area contributed by atoms with Crippen LogP contribution in [0.2, 0.25) is 0 Å². The largest absolute Gasteiger partial charge is 0.491 e. The van der Waals surface area contributed by atoms with Crippen molar-refractivity contribution in [1.29, 1.82) is 0 Å². The lowest BCUT2D eigenvalue weighted by molar-refractivity contribution is 0.240. The molecule has 0 heterocycles. The van der Waals surface area contributed by atoms with Gasteiger partial charge in [-0.15, -0.1) is 0 Å². The van der Waals surface area contributed by atoms with Crippen molar-refractivity contribution in [3.05, 3.63) is 29.3 Å². The molecule has 2 N–H and O–H groups in total. The minimum absolute atomic E-state index is 0.211. The Hall–Kier alpha value is -1.06. The summed E-state index contributed by atoms with van der Waals surface area (Å²) in [6.07, 6.45) is 1.18. The van der Waals surface area contributed by atoms with Gasteiger partial charge in [-0.3, -0.25) is 0 Å². The lowest BCUT2D eigenvalue weighted by atomic mass is 10.0. The Kier molecular flexibility index (Phi) is 5.63. The molecule has 3 nitrogen and oxygen atoms in total. The fraction of sp³-hybridized carbons (Fsp3) is 0.600. The molecule has 0 spiro atoms. The summed E-state index contributed by atoms with van der Waals surface area (Å²) in [6.45, 7) is 6.89. The molecule has 1 aromatic rings. The van der Waals surface area contributed by atoms with Crippen LogP contribution in [-0.2, 0) is 0 Å². The number of hydrogen-bond donors (Lipinski definition) is 1. The predicted molar refractivity (Wildman–Crippen MR) is 77.0 cm³/mol. The second-order valence-electron chi connectivity index (χ2n) is 5.25. The summed E-state index contributed by atoms with van der Waals surface area (Å²) >= 11 is 0. The molecule has 0 radical (unpaired) electrons. The smallest absolute Gasteiger partial charge is 0.122 e. The number of benzene rings is 1. The van der Waals surface area contributed by atoms with E-state index < -0.39 is 0 Å². The number of ether oxygens (including phenoxy) is 1. The lowest BCUT2D eigenvalue weighted by Gasteiger charge is -2.25. The van der Waals surface area contributed by atoms with Gasteiger partial charge in [-0.1, -0.05) is 12.1 Å². The molecule has 1 rings (SSSR count). The van der Waals surface area contributed by atoms with E-state index in [4.69, 9.17) is 10.5 Å². The van der Waals surface area contributed by atoms with E-state index in [1.54, 1.807) is 0 Å². The standard InChI is InChI=1S/C15H26N2O/c1-11(2)18-15-7-6-13(10-12(15)3)14(8-9-16)17(4)5/h6-7,10-11,14H,8-9,16H2,1-5H3. The summed E-state index contributed by atoms with van der Waals surface area (Å²) in [6, 6.07) is 6.79. The SMILES string of the molecule is Cc1cc(C(CCN)N(C)C)ccc1OC(C)C. The van der Waals surface area contributed by atoms with Crippen LogP contribution in [0.3, 0.4) is 0 Å². The van der Waals surface area contributed by atoms with Crippen LogP contribution in [0.15, 0.2) is 18.2 Å². The highest BCUT2D eigenvalue weighted by atomic mass is 16.5. The van der Waals surface area contributed by atoms with Crippen LogP contribution >= 0.6 is 0 Å². The van der Waals surface area contributed by atoms with Gasteiger partial charge < -0.3 is 15.4 Å². The molecular weight excluding hydrogens is 224 g/mol. The first-order valence-electron chi connectivity index (χ1n) is 6.59. The van der Waals surface area contributed by atoms with Gasteiger partial charge in [0, 0.05) is 6.04 Å². The number of nitrogens with zero attached hydrogens (tertiary/aromatic N) is 1. The van der Waals surface area contributed by atoms with E-state index in [2.05, 4.69) is 44.1 Å². The third kappa shape index (κ3) is 4.00. The van der Waals surface area contributed by atoms with Crippen molar-refractivity contribution in [2.75, 3.05) is 20.6 Å². The van der Waals surface area contributed by atoms with E-state index in [1.165, 1.54) is 11.1 Å². The van der Waals surface area contributed by atoms with Gasteiger partial charge >= 0.3 is 0 Å². The monoisotopic (exact) mass is 250 g/mol. The third-order valence-corrected chi connectivity index (χ3v) is 3.01. The zero-order valence-corrected chi connectivity index (χ0v) is 12.2. The van der Waals surface area contributed by atoms with Crippen molar-refractivity contribution in [1.82, 2.24) is 4.90 Å². The minimum atomic E-state index is 0.211. The summed E-state index contributed by atoms with van der Waals surface area (Å²) in [4.78, 5) is 2.21. The maximum Gasteiger partial charge on any atom is 0.122 e. The Labute approximate surface area is 111 Å². The third-order valence-electron chi connectivity index (χ3n) is 3.01. The highest BCUT2D eigenvalue weighted by Gasteiger charge is 2.14. The van der Waals surface area contributed by atoms with Crippen molar-refractivity contribution in [3.8, 4) is 5.75 Å². The fourth-order valence-corrected chi connectivity index (χ4v) is 2.15. The normalized spacial score (nSPS) is 13.1. The molecule has 102 valence electrons. The van der Waals surface area contributed by atoms with Crippen LogP contribution in [0.5, 0.6) is 5.75 Å². The average molecular weight is 250 g/mol. The zero-order chi connectivity index (χ0) is 13.7. The van der Waals surface area contributed by atoms with Gasteiger partial charge in [0.05, 0.1) is 6.10 Å². The number of hydrogen-bond acceptors (Lipinski definition) is 3.